The van der Waals surface area contributed by atoms with E-state index in [0.29, 0.717) is 12.2 Å². The van der Waals surface area contributed by atoms with Gasteiger partial charge in [0.05, 0.1) is 23.5 Å². The average Bonchev–Trinajstić information content (AvgIpc) is 2.63. The largest absolute Gasteiger partial charge is 0.309 e. The molecule has 0 unspecified atom stereocenters. The molecule has 0 saturated carbocycles. The summed E-state index contributed by atoms with van der Waals surface area (Å²) in [5.41, 5.74) is 6.10. The predicted octanol–water partition coefficient (Wildman–Crippen LogP) is 3.73. The number of aromatic nitrogens is 2. The van der Waals surface area contributed by atoms with E-state index in [1.807, 2.05) is 43.3 Å². The Labute approximate surface area is 147 Å². The summed E-state index contributed by atoms with van der Waals surface area (Å²) in [5, 5.41) is 2.92. The van der Waals surface area contributed by atoms with Crippen LogP contribution in [-0.2, 0) is 24.1 Å². The van der Waals surface area contributed by atoms with Crippen LogP contribution in [-0.4, -0.2) is 15.9 Å². The molecule has 4 heteroatoms. The van der Waals surface area contributed by atoms with Crippen LogP contribution < -0.4 is 5.32 Å². The van der Waals surface area contributed by atoms with Gasteiger partial charge in [-0.2, -0.15) is 0 Å². The summed E-state index contributed by atoms with van der Waals surface area (Å²) in [5.74, 6) is 0.499. The first-order valence-corrected chi connectivity index (χ1v) is 8.50. The van der Waals surface area contributed by atoms with Crippen LogP contribution in [0.5, 0.6) is 0 Å². The van der Waals surface area contributed by atoms with Gasteiger partial charge in [0.1, 0.15) is 0 Å². The van der Waals surface area contributed by atoms with E-state index < -0.39 is 0 Å². The molecule has 0 aliphatic heterocycles. The van der Waals surface area contributed by atoms with Gasteiger partial charge in [0, 0.05) is 5.56 Å². The molecule has 1 heterocycles. The number of nitrogens with zero attached hydrogens (tertiary/aromatic N) is 2. The first kappa shape index (κ1) is 15.5. The molecule has 1 aromatic heterocycles. The Kier molecular flexibility index (Phi) is 4.02. The second-order valence-corrected chi connectivity index (χ2v) is 6.32. The Morgan fingerprint density at radius 1 is 1.00 bits per heavy atom. The summed E-state index contributed by atoms with van der Waals surface area (Å²) in [6, 6.07) is 18.0. The van der Waals surface area contributed by atoms with Gasteiger partial charge in [0.15, 0.2) is 5.82 Å². The predicted molar refractivity (Wildman–Crippen MR) is 98.4 cm³/mol. The van der Waals surface area contributed by atoms with Crippen molar-refractivity contribution < 1.29 is 4.79 Å². The lowest BCUT2D eigenvalue weighted by Gasteiger charge is -2.20. The molecule has 0 spiro atoms. The molecule has 1 amide bonds. The highest BCUT2D eigenvalue weighted by Gasteiger charge is 2.20. The quantitative estimate of drug-likeness (QED) is 0.796. The lowest BCUT2D eigenvalue weighted by molar-refractivity contribution is -0.115. The second-order valence-electron chi connectivity index (χ2n) is 6.32. The Morgan fingerprint density at radius 2 is 1.76 bits per heavy atom. The van der Waals surface area contributed by atoms with E-state index in [1.54, 1.807) is 0 Å². The molecule has 1 N–H and O–H groups in total. The van der Waals surface area contributed by atoms with Gasteiger partial charge in [-0.05, 0) is 30.9 Å². The molecular weight excluding hydrogens is 310 g/mol. The molecule has 25 heavy (non-hydrogen) atoms. The maximum absolute atomic E-state index is 12.3. The van der Waals surface area contributed by atoms with Crippen molar-refractivity contribution in [1.29, 1.82) is 0 Å². The van der Waals surface area contributed by atoms with E-state index in [0.717, 1.165) is 41.1 Å². The normalized spacial score (nSPS) is 12.2. The summed E-state index contributed by atoms with van der Waals surface area (Å²) >= 11 is 0. The van der Waals surface area contributed by atoms with E-state index >= 15 is 0 Å². The molecular formula is C21H19N3O. The second kappa shape index (κ2) is 6.48. The van der Waals surface area contributed by atoms with Crippen molar-refractivity contribution in [2.24, 2.45) is 0 Å². The van der Waals surface area contributed by atoms with E-state index in [1.165, 1.54) is 5.56 Å². The highest BCUT2D eigenvalue weighted by atomic mass is 16.1. The smallest absolute Gasteiger partial charge is 0.229 e. The molecule has 2 aromatic carbocycles. The first-order valence-electron chi connectivity index (χ1n) is 8.50. The van der Waals surface area contributed by atoms with Gasteiger partial charge in [-0.3, -0.25) is 4.79 Å². The number of fused-ring (bicyclic) bond motifs is 3. The highest BCUT2D eigenvalue weighted by molar-refractivity contribution is 5.92. The van der Waals surface area contributed by atoms with Crippen LogP contribution in [0.4, 0.5) is 5.82 Å². The number of hydrogen-bond donors (Lipinski definition) is 1. The maximum Gasteiger partial charge on any atom is 0.229 e. The molecule has 0 saturated heterocycles. The summed E-state index contributed by atoms with van der Waals surface area (Å²) in [4.78, 5) is 21.8. The van der Waals surface area contributed by atoms with Crippen LogP contribution in [0.2, 0.25) is 0 Å². The molecule has 0 atom stereocenters. The topological polar surface area (TPSA) is 54.9 Å². The van der Waals surface area contributed by atoms with Crippen LogP contribution in [0.15, 0.2) is 54.6 Å². The van der Waals surface area contributed by atoms with Gasteiger partial charge < -0.3 is 5.32 Å². The number of anilines is 1. The van der Waals surface area contributed by atoms with Crippen LogP contribution in [0.25, 0.3) is 11.3 Å². The number of hydrogen-bond acceptors (Lipinski definition) is 3. The monoisotopic (exact) mass is 329 g/mol. The molecule has 1 aliphatic carbocycles. The van der Waals surface area contributed by atoms with Crippen LogP contribution in [0.1, 0.15) is 22.5 Å². The minimum absolute atomic E-state index is 0.0697. The van der Waals surface area contributed by atoms with Gasteiger partial charge in [-0.1, -0.05) is 54.6 Å². The van der Waals surface area contributed by atoms with Crippen LogP contribution in [0, 0.1) is 6.92 Å². The number of amides is 1. The third kappa shape index (κ3) is 3.15. The number of benzene rings is 2. The van der Waals surface area contributed by atoms with Crippen molar-refractivity contribution in [2.75, 3.05) is 5.32 Å². The number of carbonyl (C=O) groups excluding carboxylic acids is 1. The third-order valence-electron chi connectivity index (χ3n) is 4.51. The third-order valence-corrected chi connectivity index (χ3v) is 4.51. The van der Waals surface area contributed by atoms with Gasteiger partial charge in [0.2, 0.25) is 5.91 Å². The zero-order valence-electron chi connectivity index (χ0n) is 14.1. The van der Waals surface area contributed by atoms with E-state index in [4.69, 9.17) is 9.97 Å². The zero-order valence-corrected chi connectivity index (χ0v) is 14.1. The van der Waals surface area contributed by atoms with Crippen molar-refractivity contribution in [3.63, 3.8) is 0 Å². The van der Waals surface area contributed by atoms with E-state index in [-0.39, 0.29) is 5.91 Å². The molecule has 1 aliphatic rings. The fourth-order valence-electron chi connectivity index (χ4n) is 3.24. The molecule has 124 valence electrons. The van der Waals surface area contributed by atoms with Gasteiger partial charge in [-0.15, -0.1) is 0 Å². The van der Waals surface area contributed by atoms with E-state index in [2.05, 4.69) is 23.5 Å². The molecule has 0 bridgehead atoms. The Morgan fingerprint density at radius 3 is 2.60 bits per heavy atom. The van der Waals surface area contributed by atoms with Crippen LogP contribution in [0.3, 0.4) is 0 Å². The Hall–Kier alpha value is -3.01. The number of carbonyl (C=O) groups is 1. The maximum atomic E-state index is 12.3. The first-order chi connectivity index (χ1) is 12.2. The number of aryl methyl sites for hydroxylation is 3. The molecule has 3 aromatic rings. The van der Waals surface area contributed by atoms with Gasteiger partial charge >= 0.3 is 0 Å². The Bertz CT molecular complexity index is 935. The molecule has 4 rings (SSSR count). The van der Waals surface area contributed by atoms with Crippen molar-refractivity contribution in [3.05, 3.63) is 77.1 Å². The van der Waals surface area contributed by atoms with Gasteiger partial charge in [0.25, 0.3) is 0 Å². The van der Waals surface area contributed by atoms with Crippen LogP contribution >= 0.6 is 0 Å². The number of nitrogens with one attached hydrogen (secondary N) is 1. The summed E-state index contributed by atoms with van der Waals surface area (Å²) in [7, 11) is 0. The summed E-state index contributed by atoms with van der Waals surface area (Å²) < 4.78 is 0. The Balaban J connectivity index is 1.59. The molecule has 0 radical (unpaired) electrons. The lowest BCUT2D eigenvalue weighted by atomic mass is 9.92. The minimum Gasteiger partial charge on any atom is -0.309 e. The van der Waals surface area contributed by atoms with Crippen molar-refractivity contribution in [2.45, 2.75) is 26.2 Å². The number of rotatable bonds is 3. The summed E-state index contributed by atoms with van der Waals surface area (Å²) in [6.45, 7) is 1.89. The fraction of sp³-hybridized carbons (Fsp3) is 0.190. The van der Waals surface area contributed by atoms with E-state index in [9.17, 15) is 4.79 Å². The SMILES string of the molecule is Cc1nc2c(nc1NC(=O)Cc1ccccc1)CCc1ccccc1-2. The average molecular weight is 329 g/mol. The lowest BCUT2D eigenvalue weighted by Crippen LogP contribution is -2.18. The zero-order chi connectivity index (χ0) is 17.2. The van der Waals surface area contributed by atoms with Crippen molar-refractivity contribution >= 4 is 11.7 Å². The highest BCUT2D eigenvalue weighted by Crippen LogP contribution is 2.32. The molecule has 0 fully saturated rings. The standard InChI is InChI=1S/C21H19N3O/c1-14-21(24-19(25)13-15-7-3-2-4-8-15)23-18-12-11-16-9-5-6-10-17(16)20(18)22-14/h2-10H,11-13H2,1H3,(H,23,24,25). The molecule has 4 nitrogen and oxygen atoms in total. The van der Waals surface area contributed by atoms with Crippen molar-refractivity contribution in [1.82, 2.24) is 9.97 Å². The minimum atomic E-state index is -0.0697. The summed E-state index contributed by atoms with van der Waals surface area (Å²) in [6.07, 6.45) is 2.14. The fourth-order valence-corrected chi connectivity index (χ4v) is 3.24. The van der Waals surface area contributed by atoms with Gasteiger partial charge in [-0.25, -0.2) is 9.97 Å². The van der Waals surface area contributed by atoms with Crippen molar-refractivity contribution in [3.8, 4) is 11.3 Å².